The number of carboxylic acid groups (broad SMARTS) is 1. The van der Waals surface area contributed by atoms with Crippen LogP contribution in [0.15, 0.2) is 0 Å². The van der Waals surface area contributed by atoms with Crippen LogP contribution in [0.2, 0.25) is 0 Å². The van der Waals surface area contributed by atoms with Gasteiger partial charge < -0.3 is 27.4 Å². The van der Waals surface area contributed by atoms with Gasteiger partial charge in [-0.3, -0.25) is 0 Å². The molecule has 1 N–H and O–H groups in total. The predicted molar refractivity (Wildman–Crippen MR) is 16.7 cm³/mol. The Bertz CT molecular complexity index is 68.1. The molecule has 9 heavy (non-hydrogen) atoms. The van der Waals surface area contributed by atoms with Gasteiger partial charge in [0.15, 0.2) is 0 Å². The first kappa shape index (κ1) is 22.4. The number of carboxylic acids is 1. The molecule has 0 fully saturated rings. The fraction of sp³-hybridized carbons (Fsp3) is 0.667. The average molecular weight is 171 g/mol. The molecule has 0 aromatic rings. The van der Waals surface area contributed by atoms with E-state index in [2.05, 4.69) is 0 Å². The molecule has 0 aliphatic heterocycles. The minimum atomic E-state index is -1.44. The summed E-state index contributed by atoms with van der Waals surface area (Å²) < 4.78 is 0. The van der Waals surface area contributed by atoms with Crippen molar-refractivity contribution in [2.45, 2.75) is 13.0 Å². The molecule has 0 aromatic heterocycles. The molecule has 1 unspecified atom stereocenters. The quantitative estimate of drug-likeness (QED) is 0.398. The maximum absolute atomic E-state index is 9.34. The van der Waals surface area contributed by atoms with Crippen molar-refractivity contribution in [3.8, 4) is 0 Å². The number of aliphatic carboxylic acids is 1. The van der Waals surface area contributed by atoms with Crippen LogP contribution >= 0.6 is 0 Å². The van der Waals surface area contributed by atoms with Gasteiger partial charge in [0.05, 0.1) is 12.1 Å². The van der Waals surface area contributed by atoms with Crippen LogP contribution in [0, 0.1) is 0 Å². The molecule has 0 aromatic carbocycles. The fourth-order valence-electron chi connectivity index (χ4n) is 0. The third-order valence-electron chi connectivity index (χ3n) is 0.341. The molecule has 0 saturated carbocycles. The number of hydrogen-bond donors (Lipinski definition) is 1. The van der Waals surface area contributed by atoms with E-state index in [1.165, 1.54) is 0 Å². The van der Waals surface area contributed by atoms with Crippen LogP contribution < -0.4 is 76.6 Å². The van der Waals surface area contributed by atoms with Crippen LogP contribution in [-0.4, -0.2) is 17.2 Å². The maximum Gasteiger partial charge on any atom is 1.00 e. The first-order valence-electron chi connectivity index (χ1n) is 1.53. The zero-order chi connectivity index (χ0) is 5.15. The third-order valence-corrected chi connectivity index (χ3v) is 0.341. The molecule has 3 nitrogen and oxygen atoms in total. The summed E-state index contributed by atoms with van der Waals surface area (Å²) in [5.41, 5.74) is 0. The van der Waals surface area contributed by atoms with Crippen molar-refractivity contribution in [2.24, 2.45) is 0 Å². The summed E-state index contributed by atoms with van der Waals surface area (Å²) in [5.74, 6) is -1.44. The van der Waals surface area contributed by atoms with Crippen LogP contribution in [0.1, 0.15) is 6.92 Å². The zero-order valence-electron chi connectivity index (χ0n) is 5.72. The van der Waals surface area contributed by atoms with E-state index in [9.17, 15) is 9.90 Å². The number of rotatable bonds is 1. The van der Waals surface area contributed by atoms with Gasteiger partial charge in [0.2, 0.25) is 0 Å². The van der Waals surface area contributed by atoms with Gasteiger partial charge in [0, 0.05) is 0 Å². The molecular weight excluding hydrogens is 165 g/mol. The van der Waals surface area contributed by atoms with Crippen molar-refractivity contribution in [2.75, 3.05) is 0 Å². The Morgan fingerprint density at radius 1 is 1.56 bits per heavy atom. The van der Waals surface area contributed by atoms with E-state index >= 15 is 0 Å². The molecule has 0 heterocycles. The van der Waals surface area contributed by atoms with E-state index in [1.807, 2.05) is 0 Å². The molecule has 0 bridgehead atoms. The molecule has 6 heteroatoms. The van der Waals surface area contributed by atoms with Crippen LogP contribution in [0.5, 0.6) is 0 Å². The summed E-state index contributed by atoms with van der Waals surface area (Å²) in [6, 6.07) is 0. The average Bonchev–Trinajstić information content (AvgIpc) is 1.36. The van der Waals surface area contributed by atoms with E-state index in [4.69, 9.17) is 5.11 Å². The van der Waals surface area contributed by atoms with Gasteiger partial charge in [0.25, 0.3) is 0 Å². The fourth-order valence-corrected chi connectivity index (χ4v) is 0. The second kappa shape index (κ2) is 12.4. The van der Waals surface area contributed by atoms with E-state index in [0.717, 1.165) is 6.92 Å². The Morgan fingerprint density at radius 2 is 1.67 bits per heavy atom. The van der Waals surface area contributed by atoms with Crippen molar-refractivity contribution in [3.63, 3.8) is 0 Å². The van der Waals surface area contributed by atoms with Crippen LogP contribution in [0.4, 0.5) is 0 Å². The van der Waals surface area contributed by atoms with Gasteiger partial charge in [-0.1, -0.05) is 0 Å². The van der Waals surface area contributed by atoms with E-state index in [-0.39, 0.29) is 71.5 Å². The molecule has 1 atom stereocenters. The Labute approximate surface area is 104 Å². The van der Waals surface area contributed by atoms with Crippen molar-refractivity contribution in [1.82, 2.24) is 0 Å². The molecule has 0 spiro atoms. The maximum atomic E-state index is 9.34. The van der Waals surface area contributed by atoms with E-state index in [0.29, 0.717) is 0 Å². The zero-order valence-corrected chi connectivity index (χ0v) is 10.5. The number of halogens is 1. The standard InChI is InChI=1S/C3H6O3.ClH.2Na/c1-2(4)3(5)6;;;/h2,4H,1H3,(H,5,6);1H;;/q;;2*+1/p-2. The second-order valence-electron chi connectivity index (χ2n) is 0.995. The first-order chi connectivity index (χ1) is 2.64. The number of aliphatic hydroxyl groups excluding tert-OH is 1. The Balaban J connectivity index is -0.0000000417. The topological polar surface area (TPSA) is 60.4 Å². The summed E-state index contributed by atoms with van der Waals surface area (Å²) >= 11 is 0. The van der Waals surface area contributed by atoms with Gasteiger partial charge in [0.1, 0.15) is 0 Å². The molecule has 0 saturated heterocycles. The van der Waals surface area contributed by atoms with Gasteiger partial charge in [-0.2, -0.15) is 0 Å². The molecule has 0 rings (SSSR count). The molecule has 0 aliphatic rings. The van der Waals surface area contributed by atoms with Crippen molar-refractivity contribution in [3.05, 3.63) is 0 Å². The largest absolute Gasteiger partial charge is 1.00 e. The van der Waals surface area contributed by atoms with E-state index in [1.54, 1.807) is 0 Å². The Hall–Kier alpha value is 1.72. The summed E-state index contributed by atoms with van der Waals surface area (Å²) in [5, 5.41) is 17.3. The van der Waals surface area contributed by atoms with Crippen LogP contribution in [0.3, 0.4) is 0 Å². The Morgan fingerprint density at radius 3 is 1.67 bits per heavy atom. The van der Waals surface area contributed by atoms with Gasteiger partial charge in [-0.05, 0) is 6.92 Å². The number of hydrogen-bond acceptors (Lipinski definition) is 3. The summed E-state index contributed by atoms with van der Waals surface area (Å²) in [4.78, 5) is 9.34. The predicted octanol–water partition coefficient (Wildman–Crippen LogP) is -10.9. The molecule has 44 valence electrons. The Kier molecular flexibility index (Phi) is 30.9. The monoisotopic (exact) mass is 170 g/mol. The number of aliphatic hydroxyl groups is 1. The SMILES string of the molecule is CC(O)C(=O)[O-].[Cl-].[Na+].[Na+]. The normalized spacial score (nSPS) is 9.11. The van der Waals surface area contributed by atoms with Crippen molar-refractivity contribution >= 4 is 5.97 Å². The third kappa shape index (κ3) is 17.7. The summed E-state index contributed by atoms with van der Waals surface area (Å²) in [6.45, 7) is 1.13. The smallest absolute Gasteiger partial charge is 1.00 e. The van der Waals surface area contributed by atoms with Gasteiger partial charge >= 0.3 is 59.1 Å². The minimum absolute atomic E-state index is 0. The summed E-state index contributed by atoms with van der Waals surface area (Å²) in [6.07, 6.45) is -1.34. The van der Waals surface area contributed by atoms with Crippen molar-refractivity contribution < 1.29 is 86.5 Å². The van der Waals surface area contributed by atoms with Crippen LogP contribution in [-0.2, 0) is 4.79 Å². The molecule has 0 amide bonds. The summed E-state index contributed by atoms with van der Waals surface area (Å²) in [7, 11) is 0. The second-order valence-corrected chi connectivity index (χ2v) is 0.995. The minimum Gasteiger partial charge on any atom is -1.00 e. The van der Waals surface area contributed by atoms with Crippen molar-refractivity contribution in [1.29, 1.82) is 0 Å². The molecular formula is C3H5ClNa2O3. The first-order valence-corrected chi connectivity index (χ1v) is 1.53. The van der Waals surface area contributed by atoms with Crippen LogP contribution in [0.25, 0.3) is 0 Å². The molecule has 0 aliphatic carbocycles. The van der Waals surface area contributed by atoms with Gasteiger partial charge in [-0.25, -0.2) is 0 Å². The van der Waals surface area contributed by atoms with E-state index < -0.39 is 12.1 Å². The number of carbonyl (C=O) groups is 1. The van der Waals surface area contributed by atoms with Gasteiger partial charge in [-0.15, -0.1) is 0 Å². The molecule has 0 radical (unpaired) electrons. The number of carbonyl (C=O) groups excluding carboxylic acids is 1.